The summed E-state index contributed by atoms with van der Waals surface area (Å²) in [6.45, 7) is 11.7. The van der Waals surface area contributed by atoms with E-state index in [0.717, 1.165) is 0 Å². The Labute approximate surface area is 148 Å². The molecule has 8 heteroatoms. The number of aliphatic carboxylic acids is 1. The molecule has 0 aromatic heterocycles. The quantitative estimate of drug-likeness (QED) is 0.770. The number of hydrogen-bond donors (Lipinski definition) is 1. The Hall–Kier alpha value is -1.57. The Balaban J connectivity index is 2.00. The predicted molar refractivity (Wildman–Crippen MR) is 93.9 cm³/mol. The van der Waals surface area contributed by atoms with Crippen molar-refractivity contribution in [2.45, 2.75) is 46.3 Å². The average Bonchev–Trinajstić information content (AvgIpc) is 2.72. The molecule has 0 aromatic rings. The monoisotopic (exact) mass is 357 g/mol. The molecule has 2 fully saturated rings. The third-order valence-corrected chi connectivity index (χ3v) is 4.74. The van der Waals surface area contributed by atoms with E-state index >= 15 is 0 Å². The van der Waals surface area contributed by atoms with Crippen LogP contribution in [0.1, 0.15) is 34.6 Å². The molecule has 0 bridgehead atoms. The molecule has 1 unspecified atom stereocenters. The van der Waals surface area contributed by atoms with Crippen LogP contribution in [0.25, 0.3) is 0 Å². The van der Waals surface area contributed by atoms with Gasteiger partial charge in [-0.1, -0.05) is 0 Å². The smallest absolute Gasteiger partial charge is 0.410 e. The molecule has 2 heterocycles. The summed E-state index contributed by atoms with van der Waals surface area (Å²) in [5.74, 6) is -0.842. The molecule has 0 aromatic carbocycles. The number of carboxylic acid groups (broad SMARTS) is 1. The number of hydrogen-bond acceptors (Lipinski definition) is 4. The van der Waals surface area contributed by atoms with Gasteiger partial charge in [-0.3, -0.25) is 4.79 Å². The van der Waals surface area contributed by atoms with E-state index in [1.807, 2.05) is 25.7 Å². The van der Waals surface area contributed by atoms with Crippen LogP contribution in [-0.2, 0) is 9.53 Å². The molecule has 2 aliphatic rings. The zero-order valence-electron chi connectivity index (χ0n) is 15.0. The third kappa shape index (κ3) is 4.09. The first kappa shape index (κ1) is 18.8. The van der Waals surface area contributed by atoms with Crippen LogP contribution < -0.4 is 0 Å². The second-order valence-corrected chi connectivity index (χ2v) is 8.49. The number of carbonyl (C=O) groups is 2. The number of carboxylic acids is 1. The van der Waals surface area contributed by atoms with Gasteiger partial charge in [-0.25, -0.2) is 4.79 Å². The zero-order valence-corrected chi connectivity index (χ0v) is 15.9. The van der Waals surface area contributed by atoms with Gasteiger partial charge < -0.3 is 24.5 Å². The van der Waals surface area contributed by atoms with Crippen molar-refractivity contribution in [2.24, 2.45) is 5.41 Å². The first-order valence-electron chi connectivity index (χ1n) is 8.17. The number of nitrogens with zero attached hydrogens (tertiary/aromatic N) is 3. The summed E-state index contributed by atoms with van der Waals surface area (Å²) in [6, 6.07) is 0.0864. The standard InChI is InChI=1S/C16H27N3O4S/c1-15(2,3)23-14(22)17-6-7-19-11(8-17)9-18(13(19)24)10-16(4,5)12(20)21/h11H,6-10H2,1-5H3,(H,20,21). The lowest BCUT2D eigenvalue weighted by Crippen LogP contribution is -2.54. The number of ether oxygens (including phenoxy) is 1. The molecule has 1 amide bonds. The van der Waals surface area contributed by atoms with E-state index in [0.29, 0.717) is 37.8 Å². The van der Waals surface area contributed by atoms with E-state index in [-0.39, 0.29) is 12.1 Å². The van der Waals surface area contributed by atoms with Gasteiger partial charge in [0.05, 0.1) is 11.5 Å². The minimum Gasteiger partial charge on any atom is -0.481 e. The summed E-state index contributed by atoms with van der Waals surface area (Å²) in [7, 11) is 0. The van der Waals surface area contributed by atoms with Crippen molar-refractivity contribution in [3.63, 3.8) is 0 Å². The molecule has 2 aliphatic heterocycles. The fourth-order valence-electron chi connectivity index (χ4n) is 2.95. The molecular formula is C16H27N3O4S. The summed E-state index contributed by atoms with van der Waals surface area (Å²) in [6.07, 6.45) is -0.308. The van der Waals surface area contributed by atoms with Crippen LogP contribution in [-0.4, -0.2) is 81.3 Å². The molecule has 1 N–H and O–H groups in total. The molecule has 2 saturated heterocycles. The van der Waals surface area contributed by atoms with Crippen LogP contribution in [0.5, 0.6) is 0 Å². The highest BCUT2D eigenvalue weighted by molar-refractivity contribution is 7.80. The van der Waals surface area contributed by atoms with Crippen molar-refractivity contribution < 1.29 is 19.4 Å². The van der Waals surface area contributed by atoms with E-state index in [1.165, 1.54) is 0 Å². The molecule has 0 aliphatic carbocycles. The number of piperazine rings is 1. The van der Waals surface area contributed by atoms with Gasteiger partial charge in [-0.2, -0.15) is 0 Å². The normalized spacial score (nSPS) is 21.8. The number of rotatable bonds is 3. The summed E-state index contributed by atoms with van der Waals surface area (Å²) < 4.78 is 5.44. The molecule has 1 atom stereocenters. The Morgan fingerprint density at radius 1 is 1.21 bits per heavy atom. The topological polar surface area (TPSA) is 73.3 Å². The SMILES string of the molecule is CC(C)(C)OC(=O)N1CCN2C(=S)N(CC(C)(C)C(=O)O)CC2C1. The van der Waals surface area contributed by atoms with Crippen LogP contribution >= 0.6 is 12.2 Å². The predicted octanol–water partition coefficient (Wildman–Crippen LogP) is 1.62. The molecule has 0 saturated carbocycles. The van der Waals surface area contributed by atoms with Gasteiger partial charge in [0, 0.05) is 32.7 Å². The fraction of sp³-hybridized carbons (Fsp3) is 0.812. The lowest BCUT2D eigenvalue weighted by molar-refractivity contribution is -0.147. The summed E-state index contributed by atoms with van der Waals surface area (Å²) in [5, 5.41) is 10.00. The van der Waals surface area contributed by atoms with E-state index in [2.05, 4.69) is 4.90 Å². The van der Waals surface area contributed by atoms with Gasteiger partial charge in [-0.15, -0.1) is 0 Å². The lowest BCUT2D eigenvalue weighted by atomic mass is 9.93. The van der Waals surface area contributed by atoms with Crippen molar-refractivity contribution in [1.29, 1.82) is 0 Å². The maximum Gasteiger partial charge on any atom is 0.410 e. The fourth-order valence-corrected chi connectivity index (χ4v) is 3.33. The van der Waals surface area contributed by atoms with Crippen molar-refractivity contribution >= 4 is 29.4 Å². The summed E-state index contributed by atoms with van der Waals surface area (Å²) in [5.41, 5.74) is -1.39. The molecule has 0 spiro atoms. The number of carbonyl (C=O) groups excluding carboxylic acids is 1. The maximum absolute atomic E-state index is 12.2. The van der Waals surface area contributed by atoms with Crippen LogP contribution in [0.3, 0.4) is 0 Å². The van der Waals surface area contributed by atoms with Crippen molar-refractivity contribution in [2.75, 3.05) is 32.7 Å². The second kappa shape index (κ2) is 6.38. The number of thiocarbonyl (C=S) groups is 1. The average molecular weight is 357 g/mol. The number of amides is 1. The van der Waals surface area contributed by atoms with Gasteiger partial charge >= 0.3 is 12.1 Å². The van der Waals surface area contributed by atoms with E-state index in [1.54, 1.807) is 18.7 Å². The van der Waals surface area contributed by atoms with Crippen LogP contribution in [0, 0.1) is 5.41 Å². The Morgan fingerprint density at radius 3 is 2.38 bits per heavy atom. The Morgan fingerprint density at radius 2 is 1.83 bits per heavy atom. The van der Waals surface area contributed by atoms with Crippen molar-refractivity contribution in [3.05, 3.63) is 0 Å². The van der Waals surface area contributed by atoms with Crippen molar-refractivity contribution in [3.8, 4) is 0 Å². The number of fused-ring (bicyclic) bond motifs is 1. The minimum atomic E-state index is -0.872. The highest BCUT2D eigenvalue weighted by atomic mass is 32.1. The van der Waals surface area contributed by atoms with Gasteiger partial charge in [0.2, 0.25) is 0 Å². The molecule has 2 rings (SSSR count). The van der Waals surface area contributed by atoms with Crippen LogP contribution in [0.2, 0.25) is 0 Å². The van der Waals surface area contributed by atoms with Gasteiger partial charge in [0.15, 0.2) is 5.11 Å². The molecule has 136 valence electrons. The van der Waals surface area contributed by atoms with Crippen LogP contribution in [0.15, 0.2) is 0 Å². The highest BCUT2D eigenvalue weighted by Gasteiger charge is 2.42. The van der Waals surface area contributed by atoms with Crippen LogP contribution in [0.4, 0.5) is 4.79 Å². The van der Waals surface area contributed by atoms with Gasteiger partial charge in [-0.05, 0) is 46.8 Å². The molecule has 7 nitrogen and oxygen atoms in total. The highest BCUT2D eigenvalue weighted by Crippen LogP contribution is 2.26. The molecule has 0 radical (unpaired) electrons. The lowest BCUT2D eigenvalue weighted by Gasteiger charge is -2.37. The Kier molecular flexibility index (Phi) is 4.99. The molecule has 24 heavy (non-hydrogen) atoms. The first-order chi connectivity index (χ1) is 10.9. The van der Waals surface area contributed by atoms with E-state index in [4.69, 9.17) is 17.0 Å². The first-order valence-corrected chi connectivity index (χ1v) is 8.58. The summed E-state index contributed by atoms with van der Waals surface area (Å²) >= 11 is 5.51. The van der Waals surface area contributed by atoms with E-state index < -0.39 is 17.0 Å². The third-order valence-electron chi connectivity index (χ3n) is 4.25. The second-order valence-electron chi connectivity index (χ2n) is 8.13. The molecular weight excluding hydrogens is 330 g/mol. The largest absolute Gasteiger partial charge is 0.481 e. The Bertz CT molecular complexity index is 544. The minimum absolute atomic E-state index is 0.0864. The summed E-state index contributed by atoms with van der Waals surface area (Å²) in [4.78, 5) is 29.3. The van der Waals surface area contributed by atoms with Crippen molar-refractivity contribution in [1.82, 2.24) is 14.7 Å². The van der Waals surface area contributed by atoms with Gasteiger partial charge in [0.25, 0.3) is 0 Å². The maximum atomic E-state index is 12.2. The zero-order chi connectivity index (χ0) is 18.3. The van der Waals surface area contributed by atoms with E-state index in [9.17, 15) is 14.7 Å². The van der Waals surface area contributed by atoms with Gasteiger partial charge in [0.1, 0.15) is 5.60 Å².